The zero-order valence-corrected chi connectivity index (χ0v) is 14.0. The van der Waals surface area contributed by atoms with Crippen molar-refractivity contribution in [3.05, 3.63) is 64.6 Å². The van der Waals surface area contributed by atoms with E-state index in [1.807, 2.05) is 41.8 Å². The third kappa shape index (κ3) is 3.84. The van der Waals surface area contributed by atoms with Crippen LogP contribution in [0.25, 0.3) is 17.1 Å². The Labute approximate surface area is 143 Å². The molecule has 1 atom stereocenters. The number of aliphatic hydroxyl groups is 1. The standard InChI is InChI=1S/C18H17N3O2S/c1-18(23,16-7-4-10-24-16)12-20-17(22)9-8-13-11-19-14-5-2-3-6-15(14)21-13/h2-11,23H,12H2,1H3,(H,20,22). The number of fused-ring (bicyclic) bond motifs is 1. The fourth-order valence-electron chi connectivity index (χ4n) is 2.20. The van der Waals surface area contributed by atoms with Crippen molar-refractivity contribution in [2.24, 2.45) is 0 Å². The molecule has 0 radical (unpaired) electrons. The van der Waals surface area contributed by atoms with Gasteiger partial charge in [-0.1, -0.05) is 18.2 Å². The van der Waals surface area contributed by atoms with Crippen molar-refractivity contribution in [3.8, 4) is 0 Å². The summed E-state index contributed by atoms with van der Waals surface area (Å²) in [5.74, 6) is -0.290. The molecule has 1 amide bonds. The van der Waals surface area contributed by atoms with Crippen LogP contribution in [0, 0.1) is 0 Å². The van der Waals surface area contributed by atoms with Crippen LogP contribution < -0.4 is 5.32 Å². The number of hydrogen-bond acceptors (Lipinski definition) is 5. The monoisotopic (exact) mass is 339 g/mol. The van der Waals surface area contributed by atoms with Crippen LogP contribution in [0.5, 0.6) is 0 Å². The Morgan fingerprint density at radius 3 is 2.83 bits per heavy atom. The van der Waals surface area contributed by atoms with E-state index in [1.165, 1.54) is 17.4 Å². The number of nitrogens with zero attached hydrogens (tertiary/aromatic N) is 2. The topological polar surface area (TPSA) is 75.1 Å². The molecule has 122 valence electrons. The second-order valence-corrected chi connectivity index (χ2v) is 6.53. The molecule has 2 N–H and O–H groups in total. The van der Waals surface area contributed by atoms with Gasteiger partial charge in [-0.25, -0.2) is 4.98 Å². The molecule has 0 aliphatic carbocycles. The maximum Gasteiger partial charge on any atom is 0.244 e. The molecule has 3 rings (SSSR count). The Hall–Kier alpha value is -2.57. The minimum Gasteiger partial charge on any atom is -0.383 e. The molecule has 24 heavy (non-hydrogen) atoms. The number of benzene rings is 1. The summed E-state index contributed by atoms with van der Waals surface area (Å²) in [6.07, 6.45) is 4.62. The van der Waals surface area contributed by atoms with E-state index in [9.17, 15) is 9.90 Å². The predicted octanol–water partition coefficient (Wildman–Crippen LogP) is 2.73. The van der Waals surface area contributed by atoms with E-state index >= 15 is 0 Å². The summed E-state index contributed by atoms with van der Waals surface area (Å²) in [5.41, 5.74) is 1.11. The number of carbonyl (C=O) groups excluding carboxylic acids is 1. The Kier molecular flexibility index (Phi) is 4.69. The van der Waals surface area contributed by atoms with Crippen LogP contribution in [-0.4, -0.2) is 27.5 Å². The lowest BCUT2D eigenvalue weighted by atomic mass is 10.1. The second kappa shape index (κ2) is 6.90. The van der Waals surface area contributed by atoms with Gasteiger partial charge < -0.3 is 10.4 Å². The SMILES string of the molecule is CC(O)(CNC(=O)C=Cc1cnc2ccccc2n1)c1cccs1. The highest BCUT2D eigenvalue weighted by atomic mass is 32.1. The lowest BCUT2D eigenvalue weighted by Gasteiger charge is -2.21. The average molecular weight is 339 g/mol. The number of hydrogen-bond donors (Lipinski definition) is 2. The van der Waals surface area contributed by atoms with Crippen LogP contribution in [0.2, 0.25) is 0 Å². The Morgan fingerprint density at radius 2 is 2.08 bits per heavy atom. The molecule has 3 aromatic rings. The van der Waals surface area contributed by atoms with Crippen LogP contribution in [-0.2, 0) is 10.4 Å². The number of nitrogens with one attached hydrogen (secondary N) is 1. The zero-order valence-electron chi connectivity index (χ0n) is 13.1. The number of para-hydroxylation sites is 2. The molecule has 0 aliphatic rings. The van der Waals surface area contributed by atoms with Crippen LogP contribution in [0.4, 0.5) is 0 Å². The van der Waals surface area contributed by atoms with Crippen LogP contribution >= 0.6 is 11.3 Å². The van der Waals surface area contributed by atoms with Crippen molar-refractivity contribution in [2.75, 3.05) is 6.54 Å². The summed E-state index contributed by atoms with van der Waals surface area (Å²) >= 11 is 1.46. The van der Waals surface area contributed by atoms with Gasteiger partial charge in [-0.2, -0.15) is 0 Å². The summed E-state index contributed by atoms with van der Waals surface area (Å²) in [6.45, 7) is 1.82. The number of carbonyl (C=O) groups is 1. The van der Waals surface area contributed by atoms with Gasteiger partial charge >= 0.3 is 0 Å². The minimum atomic E-state index is -1.08. The molecule has 0 saturated carbocycles. The van der Waals surface area contributed by atoms with E-state index in [4.69, 9.17) is 0 Å². The average Bonchev–Trinajstić information content (AvgIpc) is 3.13. The van der Waals surface area contributed by atoms with Crippen molar-refractivity contribution in [1.82, 2.24) is 15.3 Å². The fourth-order valence-corrected chi connectivity index (χ4v) is 2.99. The third-order valence-corrected chi connectivity index (χ3v) is 4.65. The predicted molar refractivity (Wildman–Crippen MR) is 95.5 cm³/mol. The van der Waals surface area contributed by atoms with E-state index in [2.05, 4.69) is 15.3 Å². The lowest BCUT2D eigenvalue weighted by Crippen LogP contribution is -2.37. The number of thiophene rings is 1. The molecule has 0 fully saturated rings. The zero-order chi connectivity index (χ0) is 17.0. The molecule has 2 aromatic heterocycles. The van der Waals surface area contributed by atoms with Gasteiger partial charge in [0.2, 0.25) is 5.91 Å². The molecule has 1 aromatic carbocycles. The van der Waals surface area contributed by atoms with Crippen LogP contribution in [0.15, 0.2) is 54.1 Å². The maximum atomic E-state index is 11.9. The van der Waals surface area contributed by atoms with Gasteiger partial charge in [-0.05, 0) is 36.6 Å². The Morgan fingerprint density at radius 1 is 1.29 bits per heavy atom. The molecule has 2 heterocycles. The highest BCUT2D eigenvalue weighted by Crippen LogP contribution is 2.24. The van der Waals surface area contributed by atoms with Crippen molar-refractivity contribution in [2.45, 2.75) is 12.5 Å². The molecule has 6 heteroatoms. The largest absolute Gasteiger partial charge is 0.383 e. The van der Waals surface area contributed by atoms with Gasteiger partial charge in [0.1, 0.15) is 5.60 Å². The Bertz CT molecular complexity index is 873. The van der Waals surface area contributed by atoms with Gasteiger partial charge in [-0.15, -0.1) is 11.3 Å². The van der Waals surface area contributed by atoms with Crippen LogP contribution in [0.3, 0.4) is 0 Å². The molecule has 1 unspecified atom stereocenters. The summed E-state index contributed by atoms with van der Waals surface area (Å²) in [5, 5.41) is 15.0. The molecule has 0 aliphatic heterocycles. The first-order chi connectivity index (χ1) is 11.5. The van der Waals surface area contributed by atoms with Gasteiger partial charge in [0, 0.05) is 11.0 Å². The van der Waals surface area contributed by atoms with Crippen molar-refractivity contribution >= 4 is 34.4 Å². The second-order valence-electron chi connectivity index (χ2n) is 5.59. The maximum absolute atomic E-state index is 11.9. The first-order valence-corrected chi connectivity index (χ1v) is 8.37. The third-order valence-electron chi connectivity index (χ3n) is 3.53. The first kappa shape index (κ1) is 16.3. The quantitative estimate of drug-likeness (QED) is 0.701. The van der Waals surface area contributed by atoms with Crippen LogP contribution in [0.1, 0.15) is 17.5 Å². The minimum absolute atomic E-state index is 0.139. The summed E-state index contributed by atoms with van der Waals surface area (Å²) in [7, 11) is 0. The lowest BCUT2D eigenvalue weighted by molar-refractivity contribution is -0.117. The highest BCUT2D eigenvalue weighted by Gasteiger charge is 2.24. The number of amides is 1. The van der Waals surface area contributed by atoms with E-state index in [-0.39, 0.29) is 12.5 Å². The fraction of sp³-hybridized carbons (Fsp3) is 0.167. The van der Waals surface area contributed by atoms with Crippen molar-refractivity contribution < 1.29 is 9.90 Å². The first-order valence-electron chi connectivity index (χ1n) is 7.49. The van der Waals surface area contributed by atoms with Gasteiger partial charge in [0.25, 0.3) is 0 Å². The van der Waals surface area contributed by atoms with Gasteiger partial charge in [-0.3, -0.25) is 9.78 Å². The molecule has 5 nitrogen and oxygen atoms in total. The molecular weight excluding hydrogens is 322 g/mol. The van der Waals surface area contributed by atoms with E-state index in [0.717, 1.165) is 15.9 Å². The van der Waals surface area contributed by atoms with Gasteiger partial charge in [0.05, 0.1) is 29.5 Å². The molecular formula is C18H17N3O2S. The molecule has 0 saturated heterocycles. The number of aromatic nitrogens is 2. The normalized spacial score (nSPS) is 13.9. The van der Waals surface area contributed by atoms with Crippen molar-refractivity contribution in [1.29, 1.82) is 0 Å². The number of rotatable bonds is 5. The summed E-state index contributed by atoms with van der Waals surface area (Å²) < 4.78 is 0. The summed E-state index contributed by atoms with van der Waals surface area (Å²) in [6, 6.07) is 11.3. The highest BCUT2D eigenvalue weighted by molar-refractivity contribution is 7.10. The molecule has 0 spiro atoms. The van der Waals surface area contributed by atoms with E-state index in [1.54, 1.807) is 19.2 Å². The van der Waals surface area contributed by atoms with Crippen molar-refractivity contribution in [3.63, 3.8) is 0 Å². The Balaban J connectivity index is 1.62. The van der Waals surface area contributed by atoms with E-state index in [0.29, 0.717) is 5.69 Å². The summed E-state index contributed by atoms with van der Waals surface area (Å²) in [4.78, 5) is 21.5. The smallest absolute Gasteiger partial charge is 0.244 e. The molecule has 0 bridgehead atoms. The van der Waals surface area contributed by atoms with E-state index < -0.39 is 5.60 Å². The van der Waals surface area contributed by atoms with Gasteiger partial charge in [0.15, 0.2) is 0 Å².